The highest BCUT2D eigenvalue weighted by atomic mass is 14.9. The molecular weight excluding hydrogens is 196 g/mol. The maximum absolute atomic E-state index is 4.69. The van der Waals surface area contributed by atoms with Crippen molar-refractivity contribution in [3.63, 3.8) is 0 Å². The number of fused-ring (bicyclic) bond motifs is 1. The van der Waals surface area contributed by atoms with E-state index in [0.717, 1.165) is 13.0 Å². The van der Waals surface area contributed by atoms with Gasteiger partial charge in [0.25, 0.3) is 0 Å². The van der Waals surface area contributed by atoms with Gasteiger partial charge in [-0.15, -0.1) is 0 Å². The standard InChI is InChI=1S/C14H22N2/c1-9(2)11-8-16-13-12(10(11)3)15-7-6-14(13,4)5/h8-9,15H,6-7H2,1-5H3. The third-order valence-electron chi connectivity index (χ3n) is 3.69. The molecule has 1 aromatic rings. The van der Waals surface area contributed by atoms with Crippen LogP contribution in [0.5, 0.6) is 0 Å². The topological polar surface area (TPSA) is 24.9 Å². The molecule has 0 saturated heterocycles. The van der Waals surface area contributed by atoms with Crippen molar-refractivity contribution in [3.05, 3.63) is 23.0 Å². The van der Waals surface area contributed by atoms with E-state index in [9.17, 15) is 0 Å². The lowest BCUT2D eigenvalue weighted by atomic mass is 9.80. The highest BCUT2D eigenvalue weighted by Crippen LogP contribution is 2.38. The second kappa shape index (κ2) is 3.76. The number of pyridine rings is 1. The third-order valence-corrected chi connectivity index (χ3v) is 3.69. The third kappa shape index (κ3) is 1.70. The predicted molar refractivity (Wildman–Crippen MR) is 69.2 cm³/mol. The van der Waals surface area contributed by atoms with Crippen LogP contribution in [0.1, 0.15) is 56.9 Å². The fourth-order valence-electron chi connectivity index (χ4n) is 2.55. The predicted octanol–water partition coefficient (Wildman–Crippen LogP) is 3.61. The summed E-state index contributed by atoms with van der Waals surface area (Å²) in [6.07, 6.45) is 3.22. The monoisotopic (exact) mass is 218 g/mol. The molecule has 88 valence electrons. The van der Waals surface area contributed by atoms with Crippen molar-refractivity contribution < 1.29 is 0 Å². The van der Waals surface area contributed by atoms with Gasteiger partial charge in [0.1, 0.15) is 0 Å². The van der Waals surface area contributed by atoms with Crippen LogP contribution in [0, 0.1) is 6.92 Å². The molecule has 1 aliphatic rings. The van der Waals surface area contributed by atoms with E-state index in [0.29, 0.717) is 5.92 Å². The molecule has 2 rings (SSSR count). The van der Waals surface area contributed by atoms with Gasteiger partial charge in [0.15, 0.2) is 0 Å². The second-order valence-electron chi connectivity index (χ2n) is 5.78. The molecule has 0 radical (unpaired) electrons. The van der Waals surface area contributed by atoms with E-state index in [1.165, 1.54) is 22.5 Å². The Balaban J connectivity index is 2.58. The molecule has 0 bridgehead atoms. The second-order valence-corrected chi connectivity index (χ2v) is 5.78. The first kappa shape index (κ1) is 11.4. The van der Waals surface area contributed by atoms with E-state index in [1.54, 1.807) is 0 Å². The van der Waals surface area contributed by atoms with E-state index < -0.39 is 0 Å². The average Bonchev–Trinajstić information content (AvgIpc) is 2.18. The zero-order chi connectivity index (χ0) is 11.9. The molecule has 1 aliphatic heterocycles. The molecule has 0 unspecified atom stereocenters. The molecule has 2 heteroatoms. The van der Waals surface area contributed by atoms with Gasteiger partial charge in [0.2, 0.25) is 0 Å². The van der Waals surface area contributed by atoms with E-state index in [1.807, 2.05) is 0 Å². The normalized spacial score (nSPS) is 18.1. The van der Waals surface area contributed by atoms with Gasteiger partial charge >= 0.3 is 0 Å². The minimum absolute atomic E-state index is 0.209. The summed E-state index contributed by atoms with van der Waals surface area (Å²) in [6.45, 7) is 12.3. The summed E-state index contributed by atoms with van der Waals surface area (Å²) in [4.78, 5) is 4.69. The van der Waals surface area contributed by atoms with Crippen molar-refractivity contribution >= 4 is 5.69 Å². The first-order valence-electron chi connectivity index (χ1n) is 6.17. The smallest absolute Gasteiger partial charge is 0.0694 e. The van der Waals surface area contributed by atoms with E-state index >= 15 is 0 Å². The Hall–Kier alpha value is -1.05. The molecule has 1 aromatic heterocycles. The number of nitrogens with one attached hydrogen (secondary N) is 1. The molecule has 1 N–H and O–H groups in total. The summed E-state index contributed by atoms with van der Waals surface area (Å²) < 4.78 is 0. The van der Waals surface area contributed by atoms with Gasteiger partial charge in [0, 0.05) is 18.2 Å². The summed E-state index contributed by atoms with van der Waals surface area (Å²) in [5.41, 5.74) is 5.47. The number of rotatable bonds is 1. The number of hydrogen-bond donors (Lipinski definition) is 1. The van der Waals surface area contributed by atoms with E-state index in [-0.39, 0.29) is 5.41 Å². The fraction of sp³-hybridized carbons (Fsp3) is 0.643. The number of aromatic nitrogens is 1. The van der Waals surface area contributed by atoms with Crippen LogP contribution in [0.3, 0.4) is 0 Å². The van der Waals surface area contributed by atoms with E-state index in [2.05, 4.69) is 46.1 Å². The number of anilines is 1. The van der Waals surface area contributed by atoms with Crippen LogP contribution in [0.4, 0.5) is 5.69 Å². The lowest BCUT2D eigenvalue weighted by Gasteiger charge is -2.33. The van der Waals surface area contributed by atoms with Crippen molar-refractivity contribution in [2.75, 3.05) is 11.9 Å². The van der Waals surface area contributed by atoms with Crippen LogP contribution in [-0.2, 0) is 5.41 Å². The Kier molecular flexibility index (Phi) is 2.69. The van der Waals surface area contributed by atoms with Crippen LogP contribution < -0.4 is 5.32 Å². The summed E-state index contributed by atoms with van der Waals surface area (Å²) >= 11 is 0. The zero-order valence-corrected chi connectivity index (χ0v) is 11.0. The number of nitrogens with zero attached hydrogens (tertiary/aromatic N) is 1. The van der Waals surface area contributed by atoms with Gasteiger partial charge in [0.05, 0.1) is 11.4 Å². The SMILES string of the molecule is Cc1c(C(C)C)cnc2c1NCCC2(C)C. The molecule has 2 nitrogen and oxygen atoms in total. The Bertz CT molecular complexity index is 405. The summed E-state index contributed by atoms with van der Waals surface area (Å²) in [7, 11) is 0. The van der Waals surface area contributed by atoms with Gasteiger partial charge in [-0.25, -0.2) is 0 Å². The molecule has 0 spiro atoms. The lowest BCUT2D eigenvalue weighted by Crippen LogP contribution is -2.30. The summed E-state index contributed by atoms with van der Waals surface area (Å²) in [6, 6.07) is 0. The van der Waals surface area contributed by atoms with E-state index in [4.69, 9.17) is 4.98 Å². The summed E-state index contributed by atoms with van der Waals surface area (Å²) in [5.74, 6) is 0.546. The lowest BCUT2D eigenvalue weighted by molar-refractivity contribution is 0.465. The Morgan fingerprint density at radius 1 is 1.38 bits per heavy atom. The number of hydrogen-bond acceptors (Lipinski definition) is 2. The first-order valence-corrected chi connectivity index (χ1v) is 6.17. The molecule has 0 atom stereocenters. The molecule has 0 aromatic carbocycles. The van der Waals surface area contributed by atoms with Gasteiger partial charge in [-0.1, -0.05) is 27.7 Å². The molecule has 0 aliphatic carbocycles. The van der Waals surface area contributed by atoms with Gasteiger partial charge in [-0.3, -0.25) is 4.98 Å². The van der Waals surface area contributed by atoms with Crippen molar-refractivity contribution in [2.24, 2.45) is 0 Å². The highest BCUT2D eigenvalue weighted by molar-refractivity contribution is 5.61. The van der Waals surface area contributed by atoms with Crippen LogP contribution in [-0.4, -0.2) is 11.5 Å². The summed E-state index contributed by atoms with van der Waals surface area (Å²) in [5, 5.41) is 3.52. The molecule has 0 saturated carbocycles. The van der Waals surface area contributed by atoms with Crippen molar-refractivity contribution in [1.82, 2.24) is 4.98 Å². The van der Waals surface area contributed by atoms with Crippen molar-refractivity contribution in [3.8, 4) is 0 Å². The molecular formula is C14H22N2. The van der Waals surface area contributed by atoms with Crippen LogP contribution in [0.2, 0.25) is 0 Å². The van der Waals surface area contributed by atoms with Crippen molar-refractivity contribution in [1.29, 1.82) is 0 Å². The Morgan fingerprint density at radius 2 is 2.06 bits per heavy atom. The van der Waals surface area contributed by atoms with Gasteiger partial charge in [-0.2, -0.15) is 0 Å². The van der Waals surface area contributed by atoms with Gasteiger partial charge < -0.3 is 5.32 Å². The highest BCUT2D eigenvalue weighted by Gasteiger charge is 2.30. The zero-order valence-electron chi connectivity index (χ0n) is 11.0. The Morgan fingerprint density at radius 3 is 2.69 bits per heavy atom. The van der Waals surface area contributed by atoms with Crippen LogP contribution in [0.15, 0.2) is 6.20 Å². The quantitative estimate of drug-likeness (QED) is 0.779. The minimum atomic E-state index is 0.209. The maximum atomic E-state index is 4.69. The molecule has 16 heavy (non-hydrogen) atoms. The van der Waals surface area contributed by atoms with Crippen LogP contribution in [0.25, 0.3) is 0 Å². The minimum Gasteiger partial charge on any atom is -0.383 e. The molecule has 2 heterocycles. The van der Waals surface area contributed by atoms with Crippen LogP contribution >= 0.6 is 0 Å². The molecule has 0 amide bonds. The maximum Gasteiger partial charge on any atom is 0.0694 e. The van der Waals surface area contributed by atoms with Crippen molar-refractivity contribution in [2.45, 2.75) is 52.4 Å². The fourth-order valence-corrected chi connectivity index (χ4v) is 2.55. The first-order chi connectivity index (χ1) is 7.43. The van der Waals surface area contributed by atoms with Gasteiger partial charge in [-0.05, 0) is 30.4 Å². The average molecular weight is 218 g/mol. The Labute approximate surface area is 98.5 Å². The largest absolute Gasteiger partial charge is 0.383 e. The molecule has 0 fully saturated rings.